The fourth-order valence-corrected chi connectivity index (χ4v) is 4.70. The smallest absolute Gasteiger partial charge is 0.231 e. The molecule has 0 heterocycles. The number of rotatable bonds is 2. The van der Waals surface area contributed by atoms with Crippen LogP contribution in [-0.2, 0) is 4.79 Å². The highest BCUT2D eigenvalue weighted by molar-refractivity contribution is 5.97. The largest absolute Gasteiger partial charge is 0.393 e. The van der Waals surface area contributed by atoms with Gasteiger partial charge in [-0.25, -0.2) is 0 Å². The van der Waals surface area contributed by atoms with Crippen LogP contribution < -0.4 is 5.32 Å². The summed E-state index contributed by atoms with van der Waals surface area (Å²) in [6.07, 6.45) is 1.97. The molecule has 2 fully saturated rings. The lowest BCUT2D eigenvalue weighted by Crippen LogP contribution is -2.43. The minimum Gasteiger partial charge on any atom is -0.393 e. The number of carbonyl (C=O) groups excluding carboxylic acids is 1. The molecule has 2 N–H and O–H groups in total. The molecular weight excluding hydrogens is 274 g/mol. The number of carbonyl (C=O) groups is 1. The van der Waals surface area contributed by atoms with Gasteiger partial charge in [0.2, 0.25) is 5.91 Å². The molecule has 2 aliphatic carbocycles. The van der Waals surface area contributed by atoms with Crippen LogP contribution in [0.25, 0.3) is 0 Å². The number of aliphatic hydroxyl groups is 1. The predicted molar refractivity (Wildman–Crippen MR) is 88.7 cm³/mol. The van der Waals surface area contributed by atoms with E-state index in [0.29, 0.717) is 6.42 Å². The van der Waals surface area contributed by atoms with E-state index in [1.165, 1.54) is 11.1 Å². The third-order valence-electron chi connectivity index (χ3n) is 7.17. The Morgan fingerprint density at radius 1 is 1.18 bits per heavy atom. The number of fused-ring (bicyclic) bond motifs is 2. The second-order valence-electron chi connectivity index (χ2n) is 8.10. The monoisotopic (exact) mass is 301 g/mol. The topological polar surface area (TPSA) is 49.3 Å². The zero-order valence-electron chi connectivity index (χ0n) is 14.3. The summed E-state index contributed by atoms with van der Waals surface area (Å²) < 4.78 is 0. The number of hydrogen-bond donors (Lipinski definition) is 2. The lowest BCUT2D eigenvalue weighted by molar-refractivity contribution is -0.130. The van der Waals surface area contributed by atoms with Gasteiger partial charge < -0.3 is 10.4 Å². The first-order chi connectivity index (χ1) is 10.1. The highest BCUT2D eigenvalue weighted by Crippen LogP contribution is 2.72. The van der Waals surface area contributed by atoms with Crippen molar-refractivity contribution in [2.45, 2.75) is 60.0 Å². The molecule has 2 bridgehead atoms. The predicted octanol–water partition coefficient (Wildman–Crippen LogP) is 3.82. The van der Waals surface area contributed by atoms with E-state index in [1.807, 2.05) is 18.2 Å². The SMILES string of the molecule is Cc1ccc(NC(=O)[C@@]23CC[C@](C)([C@H](O)C2)C3(C)C)cc1C. The molecule has 3 atom stereocenters. The molecule has 1 amide bonds. The van der Waals surface area contributed by atoms with Gasteiger partial charge in [0.05, 0.1) is 11.5 Å². The van der Waals surface area contributed by atoms with Crippen molar-refractivity contribution in [3.63, 3.8) is 0 Å². The first kappa shape index (κ1) is 15.5. The molecule has 0 saturated heterocycles. The lowest BCUT2D eigenvalue weighted by Gasteiger charge is -2.40. The Morgan fingerprint density at radius 3 is 2.36 bits per heavy atom. The summed E-state index contributed by atoms with van der Waals surface area (Å²) in [4.78, 5) is 13.1. The lowest BCUT2D eigenvalue weighted by atomic mass is 9.64. The fraction of sp³-hybridized carbons (Fsp3) is 0.632. The molecule has 1 aromatic rings. The molecule has 3 heteroatoms. The molecular formula is C19H27NO2. The number of nitrogens with one attached hydrogen (secondary N) is 1. The normalized spacial score (nSPS) is 35.6. The van der Waals surface area contributed by atoms with Crippen LogP contribution in [0, 0.1) is 30.1 Å². The number of aryl methyl sites for hydroxylation is 2. The Labute approximate surface area is 133 Å². The highest BCUT2D eigenvalue weighted by atomic mass is 16.3. The Hall–Kier alpha value is -1.35. The summed E-state index contributed by atoms with van der Waals surface area (Å²) in [7, 11) is 0. The summed E-state index contributed by atoms with van der Waals surface area (Å²) >= 11 is 0. The molecule has 3 nitrogen and oxygen atoms in total. The molecule has 2 saturated carbocycles. The van der Waals surface area contributed by atoms with Gasteiger partial charge in [-0.2, -0.15) is 0 Å². The average molecular weight is 301 g/mol. The standard InChI is InChI=1S/C19H27NO2/c1-12-6-7-14(10-13(12)2)20-16(22)19-9-8-18(5,15(21)11-19)17(19,3)4/h6-7,10,15,21H,8-9,11H2,1-5H3,(H,20,22)/t15-,18-,19-/m1/s1. The van der Waals surface area contributed by atoms with Crippen LogP contribution in [0.2, 0.25) is 0 Å². The van der Waals surface area contributed by atoms with E-state index in [0.717, 1.165) is 18.5 Å². The first-order valence-electron chi connectivity index (χ1n) is 8.21. The Kier molecular flexibility index (Phi) is 3.23. The van der Waals surface area contributed by atoms with Crippen molar-refractivity contribution in [3.8, 4) is 0 Å². The van der Waals surface area contributed by atoms with Gasteiger partial charge in [0.25, 0.3) is 0 Å². The van der Waals surface area contributed by atoms with Gasteiger partial charge >= 0.3 is 0 Å². The summed E-state index contributed by atoms with van der Waals surface area (Å²) in [5.74, 6) is 0.0704. The maximum absolute atomic E-state index is 13.1. The van der Waals surface area contributed by atoms with Crippen LogP contribution in [0.3, 0.4) is 0 Å². The number of amides is 1. The maximum atomic E-state index is 13.1. The molecule has 120 valence electrons. The van der Waals surface area contributed by atoms with Crippen LogP contribution in [0.5, 0.6) is 0 Å². The van der Waals surface area contributed by atoms with Gasteiger partial charge in [-0.3, -0.25) is 4.79 Å². The quantitative estimate of drug-likeness (QED) is 0.872. The molecule has 0 aliphatic heterocycles. The summed E-state index contributed by atoms with van der Waals surface area (Å²) in [5.41, 5.74) is 2.45. The fourth-order valence-electron chi connectivity index (χ4n) is 4.70. The maximum Gasteiger partial charge on any atom is 0.231 e. The van der Waals surface area contributed by atoms with E-state index >= 15 is 0 Å². The first-order valence-corrected chi connectivity index (χ1v) is 8.21. The van der Waals surface area contributed by atoms with Crippen molar-refractivity contribution in [1.29, 1.82) is 0 Å². The molecule has 2 aliphatic rings. The molecule has 22 heavy (non-hydrogen) atoms. The Balaban J connectivity index is 1.91. The van der Waals surface area contributed by atoms with Gasteiger partial charge in [0, 0.05) is 5.69 Å². The summed E-state index contributed by atoms with van der Waals surface area (Å²) in [6.45, 7) is 10.6. The molecule has 0 radical (unpaired) electrons. The third kappa shape index (κ3) is 1.75. The summed E-state index contributed by atoms with van der Waals surface area (Å²) in [6, 6.07) is 6.02. The number of hydrogen-bond acceptors (Lipinski definition) is 2. The van der Waals surface area contributed by atoms with Crippen LogP contribution in [0.4, 0.5) is 5.69 Å². The van der Waals surface area contributed by atoms with Crippen molar-refractivity contribution < 1.29 is 9.90 Å². The minimum atomic E-state index is -0.458. The highest BCUT2D eigenvalue weighted by Gasteiger charge is 2.72. The number of anilines is 1. The van der Waals surface area contributed by atoms with E-state index in [9.17, 15) is 9.90 Å². The van der Waals surface area contributed by atoms with E-state index in [4.69, 9.17) is 0 Å². The second kappa shape index (κ2) is 4.58. The number of benzene rings is 1. The molecule has 0 spiro atoms. The van der Waals surface area contributed by atoms with E-state index in [2.05, 4.69) is 39.9 Å². The van der Waals surface area contributed by atoms with Crippen molar-refractivity contribution in [2.24, 2.45) is 16.2 Å². The van der Waals surface area contributed by atoms with Crippen LogP contribution in [0.1, 0.15) is 51.2 Å². The van der Waals surface area contributed by atoms with E-state index < -0.39 is 5.41 Å². The van der Waals surface area contributed by atoms with Crippen molar-refractivity contribution in [3.05, 3.63) is 29.3 Å². The van der Waals surface area contributed by atoms with Crippen molar-refractivity contribution in [2.75, 3.05) is 5.32 Å². The van der Waals surface area contributed by atoms with Crippen LogP contribution >= 0.6 is 0 Å². The Morgan fingerprint density at radius 2 is 1.86 bits per heavy atom. The van der Waals surface area contributed by atoms with Gasteiger partial charge in [-0.1, -0.05) is 26.8 Å². The molecule has 0 aromatic heterocycles. The minimum absolute atomic E-state index is 0.0704. The third-order valence-corrected chi connectivity index (χ3v) is 7.17. The Bertz CT molecular complexity index is 636. The van der Waals surface area contributed by atoms with Gasteiger partial charge in [-0.15, -0.1) is 0 Å². The molecule has 1 aromatic carbocycles. The van der Waals surface area contributed by atoms with Crippen molar-refractivity contribution in [1.82, 2.24) is 0 Å². The summed E-state index contributed by atoms with van der Waals surface area (Å²) in [5, 5.41) is 13.6. The van der Waals surface area contributed by atoms with Crippen LogP contribution in [-0.4, -0.2) is 17.1 Å². The molecule has 3 rings (SSSR count). The van der Waals surface area contributed by atoms with Gasteiger partial charge in [0.1, 0.15) is 0 Å². The van der Waals surface area contributed by atoms with Gasteiger partial charge in [-0.05, 0) is 67.2 Å². The molecule has 0 unspecified atom stereocenters. The van der Waals surface area contributed by atoms with Crippen LogP contribution in [0.15, 0.2) is 18.2 Å². The number of aliphatic hydroxyl groups excluding tert-OH is 1. The van der Waals surface area contributed by atoms with Crippen molar-refractivity contribution >= 4 is 11.6 Å². The zero-order valence-corrected chi connectivity index (χ0v) is 14.3. The van der Waals surface area contributed by atoms with Gasteiger partial charge in [0.15, 0.2) is 0 Å². The van der Waals surface area contributed by atoms with E-state index in [1.54, 1.807) is 0 Å². The second-order valence-corrected chi connectivity index (χ2v) is 8.10. The van der Waals surface area contributed by atoms with E-state index in [-0.39, 0.29) is 22.8 Å². The average Bonchev–Trinajstić information content (AvgIpc) is 2.73. The zero-order chi connectivity index (χ0) is 16.3.